The van der Waals surface area contributed by atoms with Gasteiger partial charge in [-0.05, 0) is 42.5 Å². The molecule has 2 atom stereocenters. The smallest absolute Gasteiger partial charge is 0.407 e. The number of hydrogen-bond acceptors (Lipinski definition) is 4. The maximum Gasteiger partial charge on any atom is 0.407 e. The average molecular weight is 424 g/mol. The highest BCUT2D eigenvalue weighted by molar-refractivity contribution is 5.89. The molecule has 0 aromatic heterocycles. The molecule has 0 bridgehead atoms. The van der Waals surface area contributed by atoms with Crippen molar-refractivity contribution >= 4 is 18.0 Å². The van der Waals surface area contributed by atoms with Gasteiger partial charge in [0.05, 0.1) is 0 Å². The first-order chi connectivity index (χ1) is 14.9. The third-order valence-electron chi connectivity index (χ3n) is 5.79. The van der Waals surface area contributed by atoms with E-state index < -0.39 is 30.1 Å². The fourth-order valence-corrected chi connectivity index (χ4v) is 4.07. The molecule has 31 heavy (non-hydrogen) atoms. The van der Waals surface area contributed by atoms with E-state index in [0.717, 1.165) is 22.3 Å². The molecule has 2 aromatic carbocycles. The van der Waals surface area contributed by atoms with E-state index in [1.807, 2.05) is 36.4 Å². The zero-order chi connectivity index (χ0) is 22.5. The normalized spacial score (nSPS) is 14.2. The van der Waals surface area contributed by atoms with Gasteiger partial charge >= 0.3 is 12.1 Å². The van der Waals surface area contributed by atoms with Gasteiger partial charge < -0.3 is 20.1 Å². The Hall–Kier alpha value is -3.35. The number of alkyl carbamates (subject to hydrolysis) is 1. The molecule has 1 unspecified atom stereocenters. The topological polar surface area (TPSA) is 95.9 Å². The molecule has 2 N–H and O–H groups in total. The molecule has 0 aliphatic heterocycles. The molecule has 2 aromatic rings. The van der Waals surface area contributed by atoms with Crippen LogP contribution in [0.3, 0.4) is 0 Å². The van der Waals surface area contributed by atoms with Gasteiger partial charge in [0.15, 0.2) is 0 Å². The molecule has 164 valence electrons. The summed E-state index contributed by atoms with van der Waals surface area (Å²) in [6, 6.07) is 14.3. The van der Waals surface area contributed by atoms with Crippen LogP contribution in [0, 0.1) is 0 Å². The van der Waals surface area contributed by atoms with Crippen LogP contribution in [0.15, 0.2) is 48.5 Å². The standard InChI is InChI=1S/C24H28N2O5/c1-4-21(22(27)26(5-2)15(3)23(28)29)25-24(30)31-14-20-18-12-8-6-10-16(18)17-11-7-9-13-19(17)20/h6-13,15,20-21H,4-5,14H2,1-3H3,(H,25,30)(H,28,29)/t15?,21-/m0/s1. The lowest BCUT2D eigenvalue weighted by atomic mass is 9.98. The van der Waals surface area contributed by atoms with Crippen LogP contribution in [0.25, 0.3) is 11.1 Å². The number of nitrogens with one attached hydrogen (secondary N) is 1. The molecule has 0 spiro atoms. The quantitative estimate of drug-likeness (QED) is 0.675. The molecular formula is C24H28N2O5. The Labute approximate surface area is 182 Å². The van der Waals surface area contributed by atoms with Crippen LogP contribution in [-0.2, 0) is 14.3 Å². The van der Waals surface area contributed by atoms with E-state index in [9.17, 15) is 19.5 Å². The Morgan fingerprint density at radius 3 is 2.06 bits per heavy atom. The van der Waals surface area contributed by atoms with Crippen LogP contribution >= 0.6 is 0 Å². The summed E-state index contributed by atoms with van der Waals surface area (Å²) in [5.74, 6) is -1.60. The van der Waals surface area contributed by atoms with Crippen molar-refractivity contribution in [3.05, 3.63) is 59.7 Å². The number of carbonyl (C=O) groups is 3. The largest absolute Gasteiger partial charge is 0.480 e. The van der Waals surface area contributed by atoms with E-state index >= 15 is 0 Å². The first-order valence-electron chi connectivity index (χ1n) is 10.5. The van der Waals surface area contributed by atoms with Crippen molar-refractivity contribution in [3.8, 4) is 11.1 Å². The van der Waals surface area contributed by atoms with Crippen molar-refractivity contribution in [3.63, 3.8) is 0 Å². The number of nitrogens with zero attached hydrogens (tertiary/aromatic N) is 1. The van der Waals surface area contributed by atoms with Crippen LogP contribution in [0.5, 0.6) is 0 Å². The van der Waals surface area contributed by atoms with Crippen molar-refractivity contribution in [2.24, 2.45) is 0 Å². The van der Waals surface area contributed by atoms with Gasteiger partial charge in [0.25, 0.3) is 0 Å². The predicted octanol–water partition coefficient (Wildman–Crippen LogP) is 3.63. The number of fused-ring (bicyclic) bond motifs is 3. The number of ether oxygens (including phenoxy) is 1. The zero-order valence-corrected chi connectivity index (χ0v) is 18.0. The summed E-state index contributed by atoms with van der Waals surface area (Å²) >= 11 is 0. The Morgan fingerprint density at radius 2 is 1.58 bits per heavy atom. The highest BCUT2D eigenvalue weighted by Gasteiger charge is 2.32. The summed E-state index contributed by atoms with van der Waals surface area (Å²) in [6.07, 6.45) is -0.368. The molecule has 7 nitrogen and oxygen atoms in total. The Kier molecular flexibility index (Phi) is 6.95. The van der Waals surface area contributed by atoms with Gasteiger partial charge in [0.2, 0.25) is 5.91 Å². The van der Waals surface area contributed by atoms with E-state index in [-0.39, 0.29) is 19.1 Å². The van der Waals surface area contributed by atoms with Gasteiger partial charge in [0.1, 0.15) is 18.7 Å². The first-order valence-corrected chi connectivity index (χ1v) is 10.5. The monoisotopic (exact) mass is 424 g/mol. The van der Waals surface area contributed by atoms with Crippen molar-refractivity contribution < 1.29 is 24.2 Å². The third-order valence-corrected chi connectivity index (χ3v) is 5.79. The number of aliphatic carboxylic acids is 1. The minimum Gasteiger partial charge on any atom is -0.480 e. The summed E-state index contributed by atoms with van der Waals surface area (Å²) in [4.78, 5) is 37.8. The average Bonchev–Trinajstić information content (AvgIpc) is 3.10. The highest BCUT2D eigenvalue weighted by atomic mass is 16.5. The zero-order valence-electron chi connectivity index (χ0n) is 18.0. The van der Waals surface area contributed by atoms with Crippen LogP contribution in [-0.4, -0.2) is 53.2 Å². The van der Waals surface area contributed by atoms with Crippen molar-refractivity contribution in [1.29, 1.82) is 0 Å². The summed E-state index contributed by atoms with van der Waals surface area (Å²) in [5, 5.41) is 11.8. The highest BCUT2D eigenvalue weighted by Crippen LogP contribution is 2.44. The maximum atomic E-state index is 12.8. The lowest BCUT2D eigenvalue weighted by Crippen LogP contribution is -2.53. The number of hydrogen-bond donors (Lipinski definition) is 2. The van der Waals surface area contributed by atoms with E-state index in [0.29, 0.717) is 6.42 Å². The second kappa shape index (κ2) is 9.64. The number of likely N-dealkylation sites (N-methyl/N-ethyl adjacent to an activating group) is 1. The molecule has 0 heterocycles. The van der Waals surface area contributed by atoms with Gasteiger partial charge in [-0.1, -0.05) is 55.5 Å². The Balaban J connectivity index is 1.67. The summed E-state index contributed by atoms with van der Waals surface area (Å²) in [6.45, 7) is 5.29. The molecule has 7 heteroatoms. The van der Waals surface area contributed by atoms with Crippen LogP contribution < -0.4 is 5.32 Å². The SMILES string of the molecule is CC[C@H](NC(=O)OCC1c2ccccc2-c2ccccc21)C(=O)N(CC)C(C)C(=O)O. The number of rotatable bonds is 8. The fraction of sp³-hybridized carbons (Fsp3) is 0.375. The molecule has 0 saturated heterocycles. The first kappa shape index (κ1) is 22.3. The van der Waals surface area contributed by atoms with Gasteiger partial charge in [-0.3, -0.25) is 4.79 Å². The lowest BCUT2D eigenvalue weighted by molar-refractivity contribution is -0.150. The van der Waals surface area contributed by atoms with Gasteiger partial charge in [-0.2, -0.15) is 0 Å². The second-order valence-electron chi connectivity index (χ2n) is 7.57. The van der Waals surface area contributed by atoms with Crippen molar-refractivity contribution in [2.45, 2.75) is 45.2 Å². The van der Waals surface area contributed by atoms with Gasteiger partial charge in [-0.25, -0.2) is 9.59 Å². The summed E-state index contributed by atoms with van der Waals surface area (Å²) in [5.41, 5.74) is 4.48. The van der Waals surface area contributed by atoms with Crippen molar-refractivity contribution in [1.82, 2.24) is 10.2 Å². The van der Waals surface area contributed by atoms with Crippen LogP contribution in [0.2, 0.25) is 0 Å². The van der Waals surface area contributed by atoms with E-state index in [1.54, 1.807) is 13.8 Å². The number of amides is 2. The molecular weight excluding hydrogens is 396 g/mol. The van der Waals surface area contributed by atoms with Crippen molar-refractivity contribution in [2.75, 3.05) is 13.2 Å². The van der Waals surface area contributed by atoms with Crippen LogP contribution in [0.4, 0.5) is 4.79 Å². The molecule has 2 amide bonds. The van der Waals surface area contributed by atoms with Gasteiger partial charge in [0, 0.05) is 12.5 Å². The Bertz CT molecular complexity index is 928. The van der Waals surface area contributed by atoms with Gasteiger partial charge in [-0.15, -0.1) is 0 Å². The number of benzene rings is 2. The minimum atomic E-state index is -1.09. The molecule has 1 aliphatic carbocycles. The maximum absolute atomic E-state index is 12.8. The molecule has 0 fully saturated rings. The summed E-state index contributed by atoms with van der Waals surface area (Å²) < 4.78 is 5.51. The summed E-state index contributed by atoms with van der Waals surface area (Å²) in [7, 11) is 0. The number of carboxylic acids is 1. The predicted molar refractivity (Wildman–Crippen MR) is 117 cm³/mol. The number of carboxylic acid groups (broad SMARTS) is 1. The second-order valence-corrected chi connectivity index (χ2v) is 7.57. The van der Waals surface area contributed by atoms with E-state index in [2.05, 4.69) is 17.4 Å². The van der Waals surface area contributed by atoms with Crippen LogP contribution in [0.1, 0.15) is 44.2 Å². The number of carbonyl (C=O) groups excluding carboxylic acids is 2. The van der Waals surface area contributed by atoms with E-state index in [1.165, 1.54) is 11.8 Å². The third kappa shape index (κ3) is 4.55. The molecule has 3 rings (SSSR count). The Morgan fingerprint density at radius 1 is 1.03 bits per heavy atom. The molecule has 1 aliphatic rings. The lowest BCUT2D eigenvalue weighted by Gasteiger charge is -2.29. The molecule has 0 saturated carbocycles. The van der Waals surface area contributed by atoms with E-state index in [4.69, 9.17) is 4.74 Å². The fourth-order valence-electron chi connectivity index (χ4n) is 4.07. The minimum absolute atomic E-state index is 0.0758. The molecule has 0 radical (unpaired) electrons.